The normalized spacial score (nSPS) is 22.9. The number of carbonyl (C=O) groups excluding carboxylic acids is 1. The van der Waals surface area contributed by atoms with Crippen molar-refractivity contribution in [3.8, 4) is 0 Å². The van der Waals surface area contributed by atoms with Crippen LogP contribution in [0.15, 0.2) is 0 Å². The van der Waals surface area contributed by atoms with Crippen molar-refractivity contribution in [3.63, 3.8) is 0 Å². The number of hydrogen-bond donors (Lipinski definition) is 3. The Balaban J connectivity index is 1.68. The van der Waals surface area contributed by atoms with Gasteiger partial charge < -0.3 is 15.7 Å². The molecule has 5 heteroatoms. The first-order valence-corrected chi connectivity index (χ1v) is 7.91. The first-order valence-electron chi connectivity index (χ1n) is 7.91. The quantitative estimate of drug-likeness (QED) is 0.716. The summed E-state index contributed by atoms with van der Waals surface area (Å²) in [6.07, 6.45) is 6.48. The van der Waals surface area contributed by atoms with Gasteiger partial charge >= 0.3 is 6.03 Å². The molecule has 20 heavy (non-hydrogen) atoms. The van der Waals surface area contributed by atoms with E-state index in [0.29, 0.717) is 13.1 Å². The molecule has 0 bridgehead atoms. The standard InChI is InChI=1S/C15H29N3O2/c1-14(2,18-9-4-3-5-10-18)11-16-13(19)17-12-15(20)7-6-8-15/h20H,3-12H2,1-2H3,(H2,16,17,19). The predicted molar refractivity (Wildman–Crippen MR) is 79.7 cm³/mol. The smallest absolute Gasteiger partial charge is 0.314 e. The van der Waals surface area contributed by atoms with Crippen LogP contribution in [0.4, 0.5) is 4.79 Å². The van der Waals surface area contributed by atoms with E-state index in [-0.39, 0.29) is 11.6 Å². The second-order valence-corrected chi connectivity index (χ2v) is 6.97. The maximum absolute atomic E-state index is 11.8. The van der Waals surface area contributed by atoms with Gasteiger partial charge in [0.15, 0.2) is 0 Å². The van der Waals surface area contributed by atoms with E-state index in [1.54, 1.807) is 0 Å². The number of rotatable bonds is 5. The van der Waals surface area contributed by atoms with E-state index in [1.165, 1.54) is 19.3 Å². The summed E-state index contributed by atoms with van der Waals surface area (Å²) < 4.78 is 0. The van der Waals surface area contributed by atoms with Crippen LogP contribution in [-0.4, -0.2) is 53.4 Å². The van der Waals surface area contributed by atoms with Gasteiger partial charge in [-0.3, -0.25) is 4.90 Å². The second-order valence-electron chi connectivity index (χ2n) is 6.97. The highest BCUT2D eigenvalue weighted by Gasteiger charge is 2.34. The summed E-state index contributed by atoms with van der Waals surface area (Å²) in [7, 11) is 0. The van der Waals surface area contributed by atoms with Gasteiger partial charge in [-0.15, -0.1) is 0 Å². The molecule has 0 radical (unpaired) electrons. The third kappa shape index (κ3) is 4.09. The molecule has 3 N–H and O–H groups in total. The maximum atomic E-state index is 11.8. The van der Waals surface area contributed by atoms with Crippen LogP contribution in [0.2, 0.25) is 0 Å². The molecule has 0 atom stereocenters. The fourth-order valence-corrected chi connectivity index (χ4v) is 2.98. The Morgan fingerprint density at radius 2 is 1.80 bits per heavy atom. The van der Waals surface area contributed by atoms with Crippen LogP contribution in [0.3, 0.4) is 0 Å². The summed E-state index contributed by atoms with van der Waals surface area (Å²) >= 11 is 0. The number of nitrogens with zero attached hydrogens (tertiary/aromatic N) is 1. The van der Waals surface area contributed by atoms with E-state index in [2.05, 4.69) is 29.4 Å². The lowest BCUT2D eigenvalue weighted by molar-refractivity contribution is -0.0290. The van der Waals surface area contributed by atoms with Crippen molar-refractivity contribution in [1.82, 2.24) is 15.5 Å². The van der Waals surface area contributed by atoms with Crippen LogP contribution in [0.25, 0.3) is 0 Å². The van der Waals surface area contributed by atoms with E-state index < -0.39 is 5.60 Å². The Morgan fingerprint density at radius 3 is 2.35 bits per heavy atom. The zero-order valence-corrected chi connectivity index (χ0v) is 12.9. The molecule has 1 aliphatic carbocycles. The minimum Gasteiger partial charge on any atom is -0.388 e. The minimum atomic E-state index is -0.653. The molecule has 1 aliphatic heterocycles. The third-order valence-corrected chi connectivity index (χ3v) is 4.76. The van der Waals surface area contributed by atoms with Crippen molar-refractivity contribution in [2.75, 3.05) is 26.2 Å². The molecular formula is C15H29N3O2. The van der Waals surface area contributed by atoms with Gasteiger partial charge in [0.25, 0.3) is 0 Å². The molecule has 116 valence electrons. The fourth-order valence-electron chi connectivity index (χ4n) is 2.98. The monoisotopic (exact) mass is 283 g/mol. The van der Waals surface area contributed by atoms with Crippen LogP contribution in [0.5, 0.6) is 0 Å². The first-order chi connectivity index (χ1) is 9.41. The lowest BCUT2D eigenvalue weighted by Crippen LogP contribution is -2.56. The fraction of sp³-hybridized carbons (Fsp3) is 0.933. The van der Waals surface area contributed by atoms with Gasteiger partial charge in [-0.05, 0) is 59.0 Å². The Kier molecular flexibility index (Phi) is 4.91. The molecule has 0 spiro atoms. The highest BCUT2D eigenvalue weighted by Crippen LogP contribution is 2.30. The summed E-state index contributed by atoms with van der Waals surface area (Å²) in [5, 5.41) is 15.7. The van der Waals surface area contributed by atoms with E-state index in [9.17, 15) is 9.90 Å². The Morgan fingerprint density at radius 1 is 1.15 bits per heavy atom. The predicted octanol–water partition coefficient (Wildman–Crippen LogP) is 1.47. The molecule has 0 aromatic carbocycles. The molecule has 5 nitrogen and oxygen atoms in total. The first kappa shape index (κ1) is 15.6. The van der Waals surface area contributed by atoms with Gasteiger partial charge in [0.2, 0.25) is 0 Å². The minimum absolute atomic E-state index is 0.00880. The van der Waals surface area contributed by atoms with Crippen molar-refractivity contribution < 1.29 is 9.90 Å². The lowest BCUT2D eigenvalue weighted by atomic mass is 9.80. The van der Waals surface area contributed by atoms with Crippen LogP contribution in [0, 0.1) is 0 Å². The van der Waals surface area contributed by atoms with E-state index in [4.69, 9.17) is 0 Å². The van der Waals surface area contributed by atoms with E-state index >= 15 is 0 Å². The molecule has 1 saturated carbocycles. The molecular weight excluding hydrogens is 254 g/mol. The van der Waals surface area contributed by atoms with E-state index in [1.807, 2.05) is 0 Å². The summed E-state index contributed by atoms with van der Waals surface area (Å²) in [6.45, 7) is 7.60. The number of hydrogen-bond acceptors (Lipinski definition) is 3. The molecule has 2 rings (SSSR count). The maximum Gasteiger partial charge on any atom is 0.314 e. The van der Waals surface area contributed by atoms with Crippen molar-refractivity contribution in [2.24, 2.45) is 0 Å². The number of carbonyl (C=O) groups is 1. The molecule has 0 aromatic rings. The number of nitrogens with one attached hydrogen (secondary N) is 2. The molecule has 0 unspecified atom stereocenters. The number of piperidine rings is 1. The van der Waals surface area contributed by atoms with Gasteiger partial charge in [-0.25, -0.2) is 4.79 Å². The molecule has 1 saturated heterocycles. The number of urea groups is 1. The number of amides is 2. The number of likely N-dealkylation sites (tertiary alicyclic amines) is 1. The summed E-state index contributed by atoms with van der Waals surface area (Å²) in [5.41, 5.74) is -0.662. The summed E-state index contributed by atoms with van der Waals surface area (Å²) in [5.74, 6) is 0. The van der Waals surface area contributed by atoms with Gasteiger partial charge in [-0.2, -0.15) is 0 Å². The third-order valence-electron chi connectivity index (χ3n) is 4.76. The average Bonchev–Trinajstić information content (AvgIpc) is 2.42. The molecule has 2 amide bonds. The molecule has 2 aliphatic rings. The largest absolute Gasteiger partial charge is 0.388 e. The van der Waals surface area contributed by atoms with Crippen molar-refractivity contribution in [3.05, 3.63) is 0 Å². The second kappa shape index (κ2) is 6.31. The Bertz CT molecular complexity index is 334. The van der Waals surface area contributed by atoms with Crippen LogP contribution in [-0.2, 0) is 0 Å². The SMILES string of the molecule is CC(C)(CNC(=O)NCC1(O)CCC1)N1CCCCC1. The average molecular weight is 283 g/mol. The van der Waals surface area contributed by atoms with Gasteiger partial charge in [0.05, 0.1) is 5.60 Å². The zero-order chi connectivity index (χ0) is 14.6. The number of aliphatic hydroxyl groups is 1. The Labute approximate surface area is 122 Å². The highest BCUT2D eigenvalue weighted by atomic mass is 16.3. The van der Waals surface area contributed by atoms with Crippen LogP contribution >= 0.6 is 0 Å². The van der Waals surface area contributed by atoms with Crippen molar-refractivity contribution >= 4 is 6.03 Å². The van der Waals surface area contributed by atoms with Gasteiger partial charge in [-0.1, -0.05) is 6.42 Å². The summed E-state index contributed by atoms with van der Waals surface area (Å²) in [6, 6.07) is -0.171. The molecule has 2 fully saturated rings. The Hall–Kier alpha value is -0.810. The zero-order valence-electron chi connectivity index (χ0n) is 12.9. The van der Waals surface area contributed by atoms with Gasteiger partial charge in [0.1, 0.15) is 0 Å². The molecule has 1 heterocycles. The van der Waals surface area contributed by atoms with Crippen LogP contribution < -0.4 is 10.6 Å². The summed E-state index contributed by atoms with van der Waals surface area (Å²) in [4.78, 5) is 14.3. The topological polar surface area (TPSA) is 64.6 Å². The van der Waals surface area contributed by atoms with Crippen molar-refractivity contribution in [2.45, 2.75) is 63.5 Å². The molecule has 0 aromatic heterocycles. The van der Waals surface area contributed by atoms with Gasteiger partial charge in [0, 0.05) is 18.6 Å². The van der Waals surface area contributed by atoms with E-state index in [0.717, 1.165) is 32.4 Å². The van der Waals surface area contributed by atoms with Crippen LogP contribution in [0.1, 0.15) is 52.4 Å². The highest BCUT2D eigenvalue weighted by molar-refractivity contribution is 5.74. The van der Waals surface area contributed by atoms with Crippen molar-refractivity contribution in [1.29, 1.82) is 0 Å². The lowest BCUT2D eigenvalue weighted by Gasteiger charge is -2.41.